The monoisotopic (exact) mass is 759 g/mol. The average Bonchev–Trinajstić information content (AvgIpc) is 3.95. The number of hydrogen-bond acceptors (Lipinski definition) is 5. The van der Waals surface area contributed by atoms with Gasteiger partial charge >= 0.3 is 0 Å². The minimum atomic E-state index is 0.564. The number of para-hydroxylation sites is 5. The number of furan rings is 1. The van der Waals surface area contributed by atoms with Crippen molar-refractivity contribution in [3.05, 3.63) is 176 Å². The fourth-order valence-electron chi connectivity index (χ4n) is 9.05. The smallest absolute Gasteiger partial charge is 0.167 e. The van der Waals surface area contributed by atoms with Gasteiger partial charge in [-0.1, -0.05) is 133 Å². The standard InChI is InChI=1S/C51H29N5OS/c1-2-15-32(16-3-1)55-40-24-8-6-19-37(40)45-38-22-12-26-43-46(38)56(51(45)55)41-28-27-31(29-44(41)58-43)48-52-49(36-21-10-14-30-13-4-5-17-33(30)36)54-50(53-48)39-23-11-20-35-34-18-7-9-25-42(34)57-47(35)39/h1-29H. The molecule has 0 saturated heterocycles. The van der Waals surface area contributed by atoms with Crippen LogP contribution in [0.1, 0.15) is 0 Å². The van der Waals surface area contributed by atoms with E-state index in [1.165, 1.54) is 32.1 Å². The van der Waals surface area contributed by atoms with Gasteiger partial charge in [-0.05, 0) is 65.4 Å². The number of fused-ring (bicyclic) bond motifs is 11. The van der Waals surface area contributed by atoms with Crippen molar-refractivity contribution in [3.8, 4) is 45.5 Å². The second kappa shape index (κ2) is 12.0. The molecular weight excluding hydrogens is 731 g/mol. The Morgan fingerprint density at radius 3 is 2.05 bits per heavy atom. The number of rotatable bonds is 4. The van der Waals surface area contributed by atoms with Gasteiger partial charge in [0.1, 0.15) is 16.8 Å². The lowest BCUT2D eigenvalue weighted by molar-refractivity contribution is 0.669. The lowest BCUT2D eigenvalue weighted by Gasteiger charge is -2.22. The minimum absolute atomic E-state index is 0.564. The van der Waals surface area contributed by atoms with E-state index in [-0.39, 0.29) is 0 Å². The molecule has 6 nitrogen and oxygen atoms in total. The maximum Gasteiger partial charge on any atom is 0.167 e. The first kappa shape index (κ1) is 31.7. The SMILES string of the molecule is c1ccc(-n2c3ccccc3c3c4cccc5c4n(c32)-c2ccc(-c3nc(-c4cccc6ccccc46)nc(-c4cccc6c4oc4ccccc46)n3)cc2S5)cc1. The van der Waals surface area contributed by atoms with Crippen LogP contribution in [0.5, 0.6) is 0 Å². The van der Waals surface area contributed by atoms with Crippen molar-refractivity contribution in [3.63, 3.8) is 0 Å². The van der Waals surface area contributed by atoms with Crippen molar-refractivity contribution in [2.24, 2.45) is 0 Å². The van der Waals surface area contributed by atoms with Crippen LogP contribution in [0.3, 0.4) is 0 Å². The van der Waals surface area contributed by atoms with Gasteiger partial charge < -0.3 is 4.42 Å². The summed E-state index contributed by atoms with van der Waals surface area (Å²) in [6, 6.07) is 61.8. The average molecular weight is 760 g/mol. The Morgan fingerprint density at radius 1 is 0.466 bits per heavy atom. The predicted octanol–water partition coefficient (Wildman–Crippen LogP) is 13.4. The molecule has 1 aliphatic rings. The maximum absolute atomic E-state index is 6.52. The quantitative estimate of drug-likeness (QED) is 0.179. The highest BCUT2D eigenvalue weighted by molar-refractivity contribution is 7.99. The van der Waals surface area contributed by atoms with E-state index in [1.54, 1.807) is 11.8 Å². The van der Waals surface area contributed by atoms with Gasteiger partial charge in [-0.2, -0.15) is 0 Å². The fraction of sp³-hybridized carbons (Fsp3) is 0. The van der Waals surface area contributed by atoms with E-state index in [4.69, 9.17) is 19.4 Å². The van der Waals surface area contributed by atoms with Crippen molar-refractivity contribution >= 4 is 77.3 Å². The summed E-state index contributed by atoms with van der Waals surface area (Å²) in [6.45, 7) is 0. The summed E-state index contributed by atoms with van der Waals surface area (Å²) < 4.78 is 11.4. The lowest BCUT2D eigenvalue weighted by Crippen LogP contribution is -2.06. The molecule has 13 rings (SSSR count). The maximum atomic E-state index is 6.52. The summed E-state index contributed by atoms with van der Waals surface area (Å²) in [6.07, 6.45) is 0. The van der Waals surface area contributed by atoms with Crippen LogP contribution in [0.4, 0.5) is 0 Å². The van der Waals surface area contributed by atoms with Crippen LogP contribution in [0.25, 0.3) is 111 Å². The summed E-state index contributed by atoms with van der Waals surface area (Å²) in [7, 11) is 0. The summed E-state index contributed by atoms with van der Waals surface area (Å²) in [5.41, 5.74) is 10.1. The summed E-state index contributed by atoms with van der Waals surface area (Å²) in [4.78, 5) is 18.1. The third-order valence-electron chi connectivity index (χ3n) is 11.6. The molecule has 12 aromatic rings. The van der Waals surface area contributed by atoms with Crippen LogP contribution >= 0.6 is 11.8 Å². The van der Waals surface area contributed by atoms with Crippen LogP contribution < -0.4 is 0 Å². The van der Waals surface area contributed by atoms with Gasteiger partial charge in [-0.15, -0.1) is 0 Å². The Labute approximate surface area is 335 Å². The Bertz CT molecular complexity index is 3670. The zero-order valence-corrected chi connectivity index (χ0v) is 31.6. The highest BCUT2D eigenvalue weighted by Gasteiger charge is 2.28. The molecular formula is C51H29N5OS. The van der Waals surface area contributed by atoms with Crippen LogP contribution in [-0.4, -0.2) is 24.1 Å². The summed E-state index contributed by atoms with van der Waals surface area (Å²) in [5, 5.41) is 8.06. The molecule has 0 fully saturated rings. The molecule has 0 amide bonds. The molecule has 8 aromatic carbocycles. The lowest BCUT2D eigenvalue weighted by atomic mass is 10.0. The van der Waals surface area contributed by atoms with Crippen molar-refractivity contribution in [2.75, 3.05) is 0 Å². The molecule has 0 spiro atoms. The Kier molecular flexibility index (Phi) is 6.56. The van der Waals surface area contributed by atoms with Crippen molar-refractivity contribution in [1.82, 2.24) is 24.1 Å². The highest BCUT2D eigenvalue weighted by Crippen LogP contribution is 2.50. The topological polar surface area (TPSA) is 61.7 Å². The Hall–Kier alpha value is -7.48. The molecule has 5 heterocycles. The second-order valence-corrected chi connectivity index (χ2v) is 15.9. The molecule has 7 heteroatoms. The van der Waals surface area contributed by atoms with E-state index < -0.39 is 0 Å². The zero-order chi connectivity index (χ0) is 37.9. The van der Waals surface area contributed by atoms with E-state index in [0.29, 0.717) is 17.5 Å². The third kappa shape index (κ3) is 4.47. The molecule has 0 saturated carbocycles. The minimum Gasteiger partial charge on any atom is -0.455 e. The van der Waals surface area contributed by atoms with E-state index in [2.05, 4.69) is 161 Å². The van der Waals surface area contributed by atoms with E-state index >= 15 is 0 Å². The third-order valence-corrected chi connectivity index (χ3v) is 12.7. The zero-order valence-electron chi connectivity index (χ0n) is 30.8. The van der Waals surface area contributed by atoms with Crippen molar-refractivity contribution in [1.29, 1.82) is 0 Å². The molecule has 1 aliphatic heterocycles. The molecule has 4 aromatic heterocycles. The summed E-state index contributed by atoms with van der Waals surface area (Å²) >= 11 is 1.80. The van der Waals surface area contributed by atoms with Gasteiger partial charge in [0.15, 0.2) is 17.5 Å². The first-order valence-electron chi connectivity index (χ1n) is 19.4. The molecule has 0 atom stereocenters. The first-order valence-corrected chi connectivity index (χ1v) is 20.2. The molecule has 270 valence electrons. The molecule has 0 radical (unpaired) electrons. The molecule has 0 N–H and O–H groups in total. The van der Waals surface area contributed by atoms with Crippen LogP contribution in [0, 0.1) is 0 Å². The van der Waals surface area contributed by atoms with Crippen molar-refractivity contribution in [2.45, 2.75) is 9.79 Å². The first-order chi connectivity index (χ1) is 28.8. The normalized spacial score (nSPS) is 12.4. The Balaban J connectivity index is 1.06. The van der Waals surface area contributed by atoms with Gasteiger partial charge in [0.2, 0.25) is 0 Å². The fourth-order valence-corrected chi connectivity index (χ4v) is 10.2. The highest BCUT2D eigenvalue weighted by atomic mass is 32.2. The van der Waals surface area contributed by atoms with Gasteiger partial charge in [-0.25, -0.2) is 15.0 Å². The van der Waals surface area contributed by atoms with Gasteiger partial charge in [0, 0.05) is 53.5 Å². The largest absolute Gasteiger partial charge is 0.455 e. The number of hydrogen-bond donors (Lipinski definition) is 0. The second-order valence-electron chi connectivity index (χ2n) is 14.8. The number of nitrogens with zero attached hydrogens (tertiary/aromatic N) is 5. The van der Waals surface area contributed by atoms with Gasteiger partial charge in [-0.3, -0.25) is 9.13 Å². The molecule has 58 heavy (non-hydrogen) atoms. The Morgan fingerprint density at radius 2 is 1.14 bits per heavy atom. The number of benzene rings is 8. The molecule has 0 aliphatic carbocycles. The van der Waals surface area contributed by atoms with Gasteiger partial charge in [0.25, 0.3) is 0 Å². The predicted molar refractivity (Wildman–Crippen MR) is 236 cm³/mol. The van der Waals surface area contributed by atoms with Crippen LogP contribution in [-0.2, 0) is 0 Å². The number of aromatic nitrogens is 5. The summed E-state index contributed by atoms with van der Waals surface area (Å²) in [5.74, 6) is 1.78. The van der Waals surface area contributed by atoms with E-state index in [0.717, 1.165) is 71.3 Å². The van der Waals surface area contributed by atoms with E-state index in [9.17, 15) is 0 Å². The van der Waals surface area contributed by atoms with E-state index in [1.807, 2.05) is 24.3 Å². The van der Waals surface area contributed by atoms with Crippen molar-refractivity contribution < 1.29 is 4.42 Å². The molecule has 0 unspecified atom stereocenters. The van der Waals surface area contributed by atoms with Gasteiger partial charge in [0.05, 0.1) is 22.3 Å². The molecule has 0 bridgehead atoms. The van der Waals surface area contributed by atoms with Crippen LogP contribution in [0.2, 0.25) is 0 Å². The van der Waals surface area contributed by atoms with Crippen LogP contribution in [0.15, 0.2) is 190 Å².